The van der Waals surface area contributed by atoms with Gasteiger partial charge in [-0.1, -0.05) is 6.92 Å². The van der Waals surface area contributed by atoms with Gasteiger partial charge in [-0.2, -0.15) is 5.10 Å². The topological polar surface area (TPSA) is 50.2 Å². The Morgan fingerprint density at radius 1 is 1.44 bits per heavy atom. The van der Waals surface area contributed by atoms with Gasteiger partial charge in [0.25, 0.3) is 0 Å². The van der Waals surface area contributed by atoms with Gasteiger partial charge in [-0.05, 0) is 26.7 Å². The molecule has 0 aromatic carbocycles. The van der Waals surface area contributed by atoms with Crippen molar-refractivity contribution in [3.63, 3.8) is 0 Å². The van der Waals surface area contributed by atoms with E-state index >= 15 is 0 Å². The van der Waals surface area contributed by atoms with E-state index in [9.17, 15) is 4.79 Å². The van der Waals surface area contributed by atoms with Gasteiger partial charge in [0.2, 0.25) is 5.91 Å². The Labute approximate surface area is 108 Å². The molecule has 0 unspecified atom stereocenters. The molecule has 0 radical (unpaired) electrons. The second kappa shape index (κ2) is 5.00. The Balaban J connectivity index is 2.52. The van der Waals surface area contributed by atoms with Crippen molar-refractivity contribution in [2.45, 2.75) is 46.1 Å². The minimum atomic E-state index is 0.0994. The average Bonchev–Trinajstić information content (AvgIpc) is 2.58. The number of hydrogen-bond acceptors (Lipinski definition) is 3. The molecule has 1 aliphatic heterocycles. The zero-order valence-electron chi connectivity index (χ0n) is 11.7. The van der Waals surface area contributed by atoms with Crippen molar-refractivity contribution in [2.24, 2.45) is 7.05 Å². The predicted molar refractivity (Wildman–Crippen MR) is 72.9 cm³/mol. The zero-order chi connectivity index (χ0) is 13.3. The van der Waals surface area contributed by atoms with Crippen LogP contribution in [0.3, 0.4) is 0 Å². The Morgan fingerprint density at radius 2 is 2.17 bits per heavy atom. The fraction of sp³-hybridized carbons (Fsp3) is 0.692. The molecule has 0 fully saturated rings. The number of aromatic nitrogens is 2. The van der Waals surface area contributed by atoms with Gasteiger partial charge in [0.05, 0.1) is 5.69 Å². The normalized spacial score (nSPS) is 16.3. The van der Waals surface area contributed by atoms with Gasteiger partial charge in [-0.25, -0.2) is 0 Å². The minimum Gasteiger partial charge on any atom is -0.353 e. The van der Waals surface area contributed by atoms with Crippen molar-refractivity contribution < 1.29 is 4.79 Å². The summed E-state index contributed by atoms with van der Waals surface area (Å²) in [5.74, 6) is 1.14. The van der Waals surface area contributed by atoms with Crippen molar-refractivity contribution in [1.29, 1.82) is 0 Å². The number of amides is 1. The molecule has 0 bridgehead atoms. The van der Waals surface area contributed by atoms with E-state index in [1.54, 1.807) is 0 Å². The molecule has 1 aromatic rings. The molecule has 1 aliphatic rings. The summed E-state index contributed by atoms with van der Waals surface area (Å²) in [6.45, 7) is 7.31. The first-order valence-electron chi connectivity index (χ1n) is 6.67. The minimum absolute atomic E-state index is 0.0994. The predicted octanol–water partition coefficient (Wildman–Crippen LogP) is 1.93. The van der Waals surface area contributed by atoms with Gasteiger partial charge in [0, 0.05) is 26.1 Å². The Bertz CT molecular complexity index is 450. The summed E-state index contributed by atoms with van der Waals surface area (Å²) in [5.41, 5.74) is 1.87. The summed E-state index contributed by atoms with van der Waals surface area (Å²) in [7, 11) is 1.95. The lowest BCUT2D eigenvalue weighted by atomic mass is 10.1. The molecule has 0 saturated heterocycles. The number of anilines is 2. The number of carbonyl (C=O) groups is 1. The van der Waals surface area contributed by atoms with Crippen LogP contribution in [-0.4, -0.2) is 28.3 Å². The van der Waals surface area contributed by atoms with Gasteiger partial charge >= 0.3 is 0 Å². The van der Waals surface area contributed by atoms with E-state index in [2.05, 4.69) is 36.1 Å². The zero-order valence-corrected chi connectivity index (χ0v) is 11.7. The first-order chi connectivity index (χ1) is 8.54. The van der Waals surface area contributed by atoms with Crippen LogP contribution in [0.5, 0.6) is 0 Å². The van der Waals surface area contributed by atoms with Crippen LogP contribution in [0.25, 0.3) is 0 Å². The highest BCUT2D eigenvalue weighted by atomic mass is 16.1. The molecule has 5 nitrogen and oxygen atoms in total. The smallest absolute Gasteiger partial charge is 0.224 e. The summed E-state index contributed by atoms with van der Waals surface area (Å²) >= 11 is 0. The molecule has 0 spiro atoms. The number of aryl methyl sites for hydroxylation is 2. The van der Waals surface area contributed by atoms with Crippen LogP contribution in [0, 0.1) is 0 Å². The lowest BCUT2D eigenvalue weighted by Gasteiger charge is -2.31. The second-order valence-electron chi connectivity index (χ2n) is 5.06. The van der Waals surface area contributed by atoms with Crippen LogP contribution in [0.2, 0.25) is 0 Å². The highest BCUT2D eigenvalue weighted by Crippen LogP contribution is 2.32. The SMILES string of the molecule is CCc1nn(C)c2c1NC(=O)CCCN2C(C)C. The molecule has 100 valence electrons. The number of fused-ring (bicyclic) bond motifs is 1. The lowest BCUT2D eigenvalue weighted by Crippen LogP contribution is -2.36. The number of carbonyl (C=O) groups excluding carboxylic acids is 1. The second-order valence-corrected chi connectivity index (χ2v) is 5.06. The molecule has 2 heterocycles. The van der Waals surface area contributed by atoms with E-state index in [1.807, 2.05) is 11.7 Å². The van der Waals surface area contributed by atoms with E-state index in [0.717, 1.165) is 36.6 Å². The van der Waals surface area contributed by atoms with Crippen LogP contribution in [0.4, 0.5) is 11.5 Å². The van der Waals surface area contributed by atoms with E-state index in [-0.39, 0.29) is 5.91 Å². The molecular weight excluding hydrogens is 228 g/mol. The van der Waals surface area contributed by atoms with Crippen molar-refractivity contribution in [3.05, 3.63) is 5.69 Å². The van der Waals surface area contributed by atoms with Crippen LogP contribution >= 0.6 is 0 Å². The maximum atomic E-state index is 11.8. The molecule has 2 rings (SSSR count). The van der Waals surface area contributed by atoms with Crippen LogP contribution < -0.4 is 10.2 Å². The Kier molecular flexibility index (Phi) is 3.59. The first kappa shape index (κ1) is 12.9. The highest BCUT2D eigenvalue weighted by molar-refractivity contribution is 5.95. The fourth-order valence-electron chi connectivity index (χ4n) is 2.49. The molecule has 0 atom stereocenters. The number of nitrogens with one attached hydrogen (secondary N) is 1. The van der Waals surface area contributed by atoms with E-state index in [1.165, 1.54) is 0 Å². The molecule has 5 heteroatoms. The molecule has 0 saturated carbocycles. The van der Waals surface area contributed by atoms with Crippen LogP contribution in [0.1, 0.15) is 39.3 Å². The summed E-state index contributed by atoms with van der Waals surface area (Å²) in [6, 6.07) is 0.402. The van der Waals surface area contributed by atoms with E-state index < -0.39 is 0 Å². The summed E-state index contributed by atoms with van der Waals surface area (Å²) in [4.78, 5) is 14.1. The molecule has 18 heavy (non-hydrogen) atoms. The van der Waals surface area contributed by atoms with Crippen LogP contribution in [0.15, 0.2) is 0 Å². The molecular formula is C13H22N4O. The third-order valence-corrected chi connectivity index (χ3v) is 3.39. The standard InChI is InChI=1S/C13H22N4O/c1-5-10-12-13(16(4)15-10)17(9(2)3)8-6-7-11(18)14-12/h9H,5-8H2,1-4H3,(H,14,18). The van der Waals surface area contributed by atoms with Crippen molar-refractivity contribution in [3.8, 4) is 0 Å². The van der Waals surface area contributed by atoms with Gasteiger partial charge in [-0.3, -0.25) is 9.48 Å². The molecule has 1 amide bonds. The van der Waals surface area contributed by atoms with Gasteiger partial charge in [-0.15, -0.1) is 0 Å². The van der Waals surface area contributed by atoms with Gasteiger partial charge in [0.15, 0.2) is 5.82 Å². The van der Waals surface area contributed by atoms with E-state index in [4.69, 9.17) is 0 Å². The van der Waals surface area contributed by atoms with Crippen molar-refractivity contribution >= 4 is 17.4 Å². The third-order valence-electron chi connectivity index (χ3n) is 3.39. The average molecular weight is 250 g/mol. The Hall–Kier alpha value is -1.52. The van der Waals surface area contributed by atoms with Crippen LogP contribution in [-0.2, 0) is 18.3 Å². The molecule has 1 aromatic heterocycles. The number of nitrogens with zero attached hydrogens (tertiary/aromatic N) is 3. The fourth-order valence-corrected chi connectivity index (χ4v) is 2.49. The molecule has 0 aliphatic carbocycles. The van der Waals surface area contributed by atoms with Crippen molar-refractivity contribution in [2.75, 3.05) is 16.8 Å². The maximum Gasteiger partial charge on any atom is 0.224 e. The Morgan fingerprint density at radius 3 is 2.78 bits per heavy atom. The quantitative estimate of drug-likeness (QED) is 0.872. The molecule has 1 N–H and O–H groups in total. The third kappa shape index (κ3) is 2.21. The largest absolute Gasteiger partial charge is 0.353 e. The van der Waals surface area contributed by atoms with E-state index in [0.29, 0.717) is 12.5 Å². The number of rotatable bonds is 2. The maximum absolute atomic E-state index is 11.8. The lowest BCUT2D eigenvalue weighted by molar-refractivity contribution is -0.116. The highest BCUT2D eigenvalue weighted by Gasteiger charge is 2.25. The van der Waals surface area contributed by atoms with Crippen molar-refractivity contribution in [1.82, 2.24) is 9.78 Å². The number of hydrogen-bond donors (Lipinski definition) is 1. The van der Waals surface area contributed by atoms with Gasteiger partial charge in [0.1, 0.15) is 5.69 Å². The van der Waals surface area contributed by atoms with Gasteiger partial charge < -0.3 is 10.2 Å². The summed E-state index contributed by atoms with van der Waals surface area (Å²) in [6.07, 6.45) is 2.30. The first-order valence-corrected chi connectivity index (χ1v) is 6.67. The monoisotopic (exact) mass is 250 g/mol. The summed E-state index contributed by atoms with van der Waals surface area (Å²) < 4.78 is 1.89. The summed E-state index contributed by atoms with van der Waals surface area (Å²) in [5, 5.41) is 7.55.